The van der Waals surface area contributed by atoms with Crippen LogP contribution in [-0.2, 0) is 22.8 Å². The lowest BCUT2D eigenvalue weighted by Crippen LogP contribution is -2.37. The smallest absolute Gasteiger partial charge is 0.378 e. The number of nitrogens with one attached hydrogen (secondary N) is 1. The largest absolute Gasteiger partial charge is 0.416 e. The van der Waals surface area contributed by atoms with Gasteiger partial charge in [0.05, 0.1) is 46.3 Å². The molecular weight excluding hydrogens is 469 g/mol. The molecule has 2 aromatic carbocycles. The molecule has 34 heavy (non-hydrogen) atoms. The number of aromatic nitrogens is 2. The molecule has 0 aliphatic carbocycles. The molecule has 1 fully saturated rings. The summed E-state index contributed by atoms with van der Waals surface area (Å²) in [5.74, 6) is -0.499. The Balaban J connectivity index is 1.60. The Labute approximate surface area is 197 Å². The highest BCUT2D eigenvalue weighted by Gasteiger charge is 2.32. The maximum absolute atomic E-state index is 13.3. The summed E-state index contributed by atoms with van der Waals surface area (Å²) in [5, 5.41) is 2.72. The van der Waals surface area contributed by atoms with Gasteiger partial charge in [0.1, 0.15) is 0 Å². The van der Waals surface area contributed by atoms with Crippen LogP contribution < -0.4 is 15.8 Å². The van der Waals surface area contributed by atoms with Gasteiger partial charge < -0.3 is 15.0 Å². The van der Waals surface area contributed by atoms with Crippen LogP contribution in [0.1, 0.15) is 12.5 Å². The zero-order valence-electron chi connectivity index (χ0n) is 18.6. The standard InChI is InChI=1S/C23H23F3N4O3S/c1-14(34-22-28-17-6-4-3-5-16(17)21(32)29(22)2)20(31)27-18-13-15(23(24,25)26)7-8-19(18)30-9-11-33-12-10-30/h3-8,13-14H,9-12H2,1-2H3,(H,27,31)/t14-/m0/s1. The molecular formula is C23H23F3N4O3S. The lowest BCUT2D eigenvalue weighted by molar-refractivity contribution is -0.137. The first-order chi connectivity index (χ1) is 16.1. The molecule has 1 aliphatic heterocycles. The van der Waals surface area contributed by atoms with E-state index in [1.54, 1.807) is 38.2 Å². The van der Waals surface area contributed by atoms with E-state index in [2.05, 4.69) is 10.3 Å². The average molecular weight is 493 g/mol. The SMILES string of the molecule is C[C@H](Sc1nc2ccccc2c(=O)n1C)C(=O)Nc1cc(C(F)(F)F)ccc1N1CCOCC1. The highest BCUT2D eigenvalue weighted by molar-refractivity contribution is 8.00. The Bertz CT molecular complexity index is 1270. The molecule has 0 unspecified atom stereocenters. The van der Waals surface area contributed by atoms with E-state index in [0.29, 0.717) is 48.1 Å². The molecule has 1 atom stereocenters. The molecule has 1 N–H and O–H groups in total. The minimum Gasteiger partial charge on any atom is -0.378 e. The van der Waals surface area contributed by atoms with Crippen LogP contribution >= 0.6 is 11.8 Å². The second-order valence-corrected chi connectivity index (χ2v) is 9.16. The number of carbonyl (C=O) groups is 1. The molecule has 0 radical (unpaired) electrons. The molecule has 7 nitrogen and oxygen atoms in total. The van der Waals surface area contributed by atoms with E-state index in [4.69, 9.17) is 4.74 Å². The third-order valence-corrected chi connectivity index (χ3v) is 6.67. The van der Waals surface area contributed by atoms with Crippen molar-refractivity contribution in [2.45, 2.75) is 23.5 Å². The lowest BCUT2D eigenvalue weighted by atomic mass is 10.1. The Hall–Kier alpha value is -3.05. The van der Waals surface area contributed by atoms with Crippen molar-refractivity contribution in [3.05, 3.63) is 58.4 Å². The molecule has 0 spiro atoms. The molecule has 0 saturated carbocycles. The number of alkyl halides is 3. The van der Waals surface area contributed by atoms with Crippen molar-refractivity contribution in [1.29, 1.82) is 0 Å². The van der Waals surface area contributed by atoms with Crippen LogP contribution in [0.25, 0.3) is 10.9 Å². The van der Waals surface area contributed by atoms with Crippen LogP contribution in [0.15, 0.2) is 52.4 Å². The number of ether oxygens (including phenoxy) is 1. The molecule has 1 amide bonds. The Morgan fingerprint density at radius 2 is 1.88 bits per heavy atom. The number of hydrogen-bond donors (Lipinski definition) is 1. The van der Waals surface area contributed by atoms with E-state index in [0.717, 1.165) is 23.9 Å². The van der Waals surface area contributed by atoms with Gasteiger partial charge in [0.15, 0.2) is 5.16 Å². The lowest BCUT2D eigenvalue weighted by Gasteiger charge is -2.31. The number of rotatable bonds is 5. The first-order valence-corrected chi connectivity index (χ1v) is 11.5. The van der Waals surface area contributed by atoms with Crippen molar-refractivity contribution >= 4 is 39.9 Å². The van der Waals surface area contributed by atoms with E-state index in [1.165, 1.54) is 10.6 Å². The predicted octanol–water partition coefficient (Wildman–Crippen LogP) is 3.91. The van der Waals surface area contributed by atoms with Gasteiger partial charge in [0.2, 0.25) is 5.91 Å². The van der Waals surface area contributed by atoms with Crippen LogP contribution in [0.2, 0.25) is 0 Å². The molecule has 1 saturated heterocycles. The predicted molar refractivity (Wildman–Crippen MR) is 125 cm³/mol. The number of morpholine rings is 1. The zero-order chi connectivity index (χ0) is 24.5. The number of thioether (sulfide) groups is 1. The first-order valence-electron chi connectivity index (χ1n) is 10.6. The topological polar surface area (TPSA) is 76.5 Å². The van der Waals surface area contributed by atoms with Gasteiger partial charge in [-0.2, -0.15) is 13.2 Å². The number of carbonyl (C=O) groups excluding carboxylic acids is 1. The van der Waals surface area contributed by atoms with Gasteiger partial charge in [-0.3, -0.25) is 14.2 Å². The van der Waals surface area contributed by atoms with Crippen LogP contribution in [-0.4, -0.2) is 47.0 Å². The van der Waals surface area contributed by atoms with Crippen LogP contribution in [0, 0.1) is 0 Å². The molecule has 1 aliphatic rings. The summed E-state index contributed by atoms with van der Waals surface area (Å²) in [4.78, 5) is 32.0. The van der Waals surface area contributed by atoms with E-state index < -0.39 is 22.9 Å². The third-order valence-electron chi connectivity index (χ3n) is 5.53. The summed E-state index contributed by atoms with van der Waals surface area (Å²) < 4.78 is 46.7. The molecule has 3 aromatic rings. The summed E-state index contributed by atoms with van der Waals surface area (Å²) in [5.41, 5.74) is -0.00676. The quantitative estimate of drug-likeness (QED) is 0.430. The molecule has 0 bridgehead atoms. The second kappa shape index (κ2) is 9.67. The normalized spacial score (nSPS) is 15.4. The van der Waals surface area contributed by atoms with Crippen LogP contribution in [0.4, 0.5) is 24.5 Å². The van der Waals surface area contributed by atoms with Crippen molar-refractivity contribution < 1.29 is 22.7 Å². The van der Waals surface area contributed by atoms with E-state index >= 15 is 0 Å². The van der Waals surface area contributed by atoms with E-state index in [-0.39, 0.29) is 11.2 Å². The van der Waals surface area contributed by atoms with Gasteiger partial charge in [0.25, 0.3) is 5.56 Å². The monoisotopic (exact) mass is 492 g/mol. The summed E-state index contributed by atoms with van der Waals surface area (Å²) in [6.07, 6.45) is -4.54. The average Bonchev–Trinajstić information content (AvgIpc) is 2.82. The van der Waals surface area contributed by atoms with Gasteiger partial charge in [-0.25, -0.2) is 4.98 Å². The third kappa shape index (κ3) is 5.05. The van der Waals surface area contributed by atoms with E-state index in [1.807, 2.05) is 4.90 Å². The number of amides is 1. The molecule has 11 heteroatoms. The fraction of sp³-hybridized carbons (Fsp3) is 0.348. The minimum absolute atomic E-state index is 0.0783. The second-order valence-electron chi connectivity index (χ2n) is 7.85. The van der Waals surface area contributed by atoms with E-state index in [9.17, 15) is 22.8 Å². The minimum atomic E-state index is -4.54. The summed E-state index contributed by atoms with van der Waals surface area (Å²) >= 11 is 1.06. The maximum Gasteiger partial charge on any atom is 0.416 e. The van der Waals surface area contributed by atoms with Gasteiger partial charge in [0, 0.05) is 20.1 Å². The molecule has 180 valence electrons. The van der Waals surface area contributed by atoms with Crippen molar-refractivity contribution in [2.24, 2.45) is 7.05 Å². The number of benzene rings is 2. The maximum atomic E-state index is 13.3. The number of halogens is 3. The van der Waals surface area contributed by atoms with Crippen molar-refractivity contribution in [3.63, 3.8) is 0 Å². The van der Waals surface area contributed by atoms with Gasteiger partial charge >= 0.3 is 6.18 Å². The van der Waals surface area contributed by atoms with Crippen molar-refractivity contribution in [1.82, 2.24) is 9.55 Å². The number of hydrogen-bond acceptors (Lipinski definition) is 6. The Kier molecular flexibility index (Phi) is 6.85. The molecule has 4 rings (SSSR count). The van der Waals surface area contributed by atoms with Crippen LogP contribution in [0.5, 0.6) is 0 Å². The Morgan fingerprint density at radius 3 is 2.59 bits per heavy atom. The first kappa shape index (κ1) is 24.1. The fourth-order valence-electron chi connectivity index (χ4n) is 3.64. The number of nitrogens with zero attached hydrogens (tertiary/aromatic N) is 3. The van der Waals surface area contributed by atoms with Crippen LogP contribution in [0.3, 0.4) is 0 Å². The molecule has 1 aromatic heterocycles. The number of fused-ring (bicyclic) bond motifs is 1. The van der Waals surface area contributed by atoms with Gasteiger partial charge in [-0.1, -0.05) is 23.9 Å². The number of para-hydroxylation sites is 1. The highest BCUT2D eigenvalue weighted by Crippen LogP contribution is 2.36. The summed E-state index contributed by atoms with van der Waals surface area (Å²) in [7, 11) is 1.57. The number of anilines is 2. The van der Waals surface area contributed by atoms with Gasteiger partial charge in [-0.05, 0) is 37.3 Å². The molecule has 2 heterocycles. The zero-order valence-corrected chi connectivity index (χ0v) is 19.4. The fourth-order valence-corrected chi connectivity index (χ4v) is 4.52. The Morgan fingerprint density at radius 1 is 1.18 bits per heavy atom. The summed E-state index contributed by atoms with van der Waals surface area (Å²) in [6, 6.07) is 10.2. The summed E-state index contributed by atoms with van der Waals surface area (Å²) in [6.45, 7) is 3.51. The highest BCUT2D eigenvalue weighted by atomic mass is 32.2. The van der Waals surface area contributed by atoms with Crippen molar-refractivity contribution in [3.8, 4) is 0 Å². The van der Waals surface area contributed by atoms with Gasteiger partial charge in [-0.15, -0.1) is 0 Å². The van der Waals surface area contributed by atoms with Crippen molar-refractivity contribution in [2.75, 3.05) is 36.5 Å².